The van der Waals surface area contributed by atoms with Crippen molar-refractivity contribution in [2.24, 2.45) is 0 Å². The SMILES string of the molecule is COc1cccc(C(C)(C)O)n1. The lowest BCUT2D eigenvalue weighted by molar-refractivity contribution is 0.0732. The van der Waals surface area contributed by atoms with Gasteiger partial charge >= 0.3 is 0 Å². The van der Waals surface area contributed by atoms with E-state index in [0.29, 0.717) is 11.6 Å². The van der Waals surface area contributed by atoms with Crippen LogP contribution in [0.2, 0.25) is 0 Å². The molecule has 1 rings (SSSR count). The maximum atomic E-state index is 9.59. The lowest BCUT2D eigenvalue weighted by Gasteiger charge is -2.16. The maximum Gasteiger partial charge on any atom is 0.213 e. The first kappa shape index (κ1) is 9.00. The number of methoxy groups -OCH3 is 1. The molecule has 0 bridgehead atoms. The molecule has 0 aliphatic carbocycles. The minimum Gasteiger partial charge on any atom is -0.481 e. The van der Waals surface area contributed by atoms with E-state index in [1.807, 2.05) is 0 Å². The average molecular weight is 167 g/mol. The lowest BCUT2D eigenvalue weighted by atomic mass is 10.1. The zero-order valence-corrected chi connectivity index (χ0v) is 7.53. The Hall–Kier alpha value is -1.09. The van der Waals surface area contributed by atoms with Crippen molar-refractivity contribution in [3.8, 4) is 5.88 Å². The van der Waals surface area contributed by atoms with Crippen LogP contribution in [0, 0.1) is 0 Å². The van der Waals surface area contributed by atoms with Gasteiger partial charge in [0.1, 0.15) is 5.60 Å². The summed E-state index contributed by atoms with van der Waals surface area (Å²) in [5, 5.41) is 9.59. The predicted molar refractivity (Wildman–Crippen MR) is 46.0 cm³/mol. The Morgan fingerprint density at radius 1 is 1.42 bits per heavy atom. The van der Waals surface area contributed by atoms with E-state index in [0.717, 1.165) is 0 Å². The topological polar surface area (TPSA) is 42.4 Å². The van der Waals surface area contributed by atoms with E-state index in [4.69, 9.17) is 4.74 Å². The van der Waals surface area contributed by atoms with Crippen molar-refractivity contribution in [3.63, 3.8) is 0 Å². The second-order valence-corrected chi connectivity index (χ2v) is 3.12. The fraction of sp³-hybridized carbons (Fsp3) is 0.444. The molecule has 0 radical (unpaired) electrons. The molecule has 3 nitrogen and oxygen atoms in total. The van der Waals surface area contributed by atoms with Gasteiger partial charge in [0, 0.05) is 6.07 Å². The van der Waals surface area contributed by atoms with Crippen molar-refractivity contribution in [2.75, 3.05) is 7.11 Å². The van der Waals surface area contributed by atoms with Crippen LogP contribution >= 0.6 is 0 Å². The molecule has 0 amide bonds. The number of ether oxygens (including phenoxy) is 1. The standard InChI is InChI=1S/C9H13NO2/c1-9(2,11)7-5-4-6-8(10-7)12-3/h4-6,11H,1-3H3. The Labute approximate surface area is 72.0 Å². The fourth-order valence-electron chi connectivity index (χ4n) is 0.869. The molecule has 0 fully saturated rings. The molecule has 1 N–H and O–H groups in total. The number of aliphatic hydroxyl groups is 1. The molecule has 1 aromatic heterocycles. The third kappa shape index (κ3) is 1.95. The Balaban J connectivity index is 3.02. The summed E-state index contributed by atoms with van der Waals surface area (Å²) in [7, 11) is 1.55. The number of nitrogens with zero attached hydrogens (tertiary/aromatic N) is 1. The quantitative estimate of drug-likeness (QED) is 0.722. The van der Waals surface area contributed by atoms with Crippen molar-refractivity contribution in [3.05, 3.63) is 23.9 Å². The number of rotatable bonds is 2. The highest BCUT2D eigenvalue weighted by Crippen LogP contribution is 2.19. The molecule has 0 saturated carbocycles. The molecular formula is C9H13NO2. The summed E-state index contributed by atoms with van der Waals surface area (Å²) in [6.07, 6.45) is 0. The molecule has 0 atom stereocenters. The molecule has 0 aliphatic rings. The minimum atomic E-state index is -0.908. The third-order valence-corrected chi connectivity index (χ3v) is 1.56. The van der Waals surface area contributed by atoms with Gasteiger partial charge in [0.2, 0.25) is 5.88 Å². The van der Waals surface area contributed by atoms with E-state index in [-0.39, 0.29) is 0 Å². The predicted octanol–water partition coefficient (Wildman–Crippen LogP) is 1.32. The molecule has 0 aliphatic heterocycles. The summed E-state index contributed by atoms with van der Waals surface area (Å²) < 4.78 is 4.93. The monoisotopic (exact) mass is 167 g/mol. The highest BCUT2D eigenvalue weighted by Gasteiger charge is 2.17. The largest absolute Gasteiger partial charge is 0.481 e. The summed E-state index contributed by atoms with van der Waals surface area (Å²) in [5.74, 6) is 0.523. The van der Waals surface area contributed by atoms with E-state index < -0.39 is 5.60 Å². The van der Waals surface area contributed by atoms with Gasteiger partial charge in [0.05, 0.1) is 12.8 Å². The smallest absolute Gasteiger partial charge is 0.213 e. The van der Waals surface area contributed by atoms with E-state index in [9.17, 15) is 5.11 Å². The summed E-state index contributed by atoms with van der Waals surface area (Å²) in [5.41, 5.74) is -0.295. The Bertz CT molecular complexity index is 265. The van der Waals surface area contributed by atoms with Gasteiger partial charge in [0.15, 0.2) is 0 Å². The first-order valence-corrected chi connectivity index (χ1v) is 3.78. The molecule has 3 heteroatoms. The third-order valence-electron chi connectivity index (χ3n) is 1.56. The van der Waals surface area contributed by atoms with Crippen molar-refractivity contribution in [1.82, 2.24) is 4.98 Å². The summed E-state index contributed by atoms with van der Waals surface area (Å²) in [6.45, 7) is 3.38. The molecule has 66 valence electrons. The number of pyridine rings is 1. The van der Waals surface area contributed by atoms with Crippen LogP contribution in [0.5, 0.6) is 5.88 Å². The van der Waals surface area contributed by atoms with Crippen LogP contribution in [0.25, 0.3) is 0 Å². The van der Waals surface area contributed by atoms with Crippen LogP contribution in [0.4, 0.5) is 0 Å². The highest BCUT2D eigenvalue weighted by atomic mass is 16.5. The lowest BCUT2D eigenvalue weighted by Crippen LogP contribution is -2.17. The first-order chi connectivity index (χ1) is 5.54. The van der Waals surface area contributed by atoms with Crippen molar-refractivity contribution in [1.29, 1.82) is 0 Å². The van der Waals surface area contributed by atoms with E-state index in [2.05, 4.69) is 4.98 Å². The van der Waals surface area contributed by atoms with Gasteiger partial charge in [-0.3, -0.25) is 0 Å². The molecule has 0 spiro atoms. The molecule has 1 heterocycles. The van der Waals surface area contributed by atoms with E-state index >= 15 is 0 Å². The van der Waals surface area contributed by atoms with Gasteiger partial charge < -0.3 is 9.84 Å². The second-order valence-electron chi connectivity index (χ2n) is 3.12. The maximum absolute atomic E-state index is 9.59. The van der Waals surface area contributed by atoms with Gasteiger partial charge in [0.25, 0.3) is 0 Å². The summed E-state index contributed by atoms with van der Waals surface area (Å²) in [6, 6.07) is 5.32. The van der Waals surface area contributed by atoms with Gasteiger partial charge in [-0.2, -0.15) is 0 Å². The van der Waals surface area contributed by atoms with Crippen LogP contribution < -0.4 is 4.74 Å². The Morgan fingerprint density at radius 3 is 2.58 bits per heavy atom. The molecule has 12 heavy (non-hydrogen) atoms. The van der Waals surface area contributed by atoms with Gasteiger partial charge in [-0.1, -0.05) is 6.07 Å². The zero-order valence-electron chi connectivity index (χ0n) is 7.53. The molecule has 1 aromatic rings. The highest BCUT2D eigenvalue weighted by molar-refractivity contribution is 5.19. The Kier molecular flexibility index (Phi) is 2.33. The van der Waals surface area contributed by atoms with Crippen LogP contribution in [0.1, 0.15) is 19.5 Å². The van der Waals surface area contributed by atoms with Gasteiger partial charge in [-0.25, -0.2) is 4.98 Å². The van der Waals surface area contributed by atoms with Gasteiger partial charge in [-0.05, 0) is 19.9 Å². The number of hydrogen-bond acceptors (Lipinski definition) is 3. The summed E-state index contributed by atoms with van der Waals surface area (Å²) >= 11 is 0. The molecular weight excluding hydrogens is 154 g/mol. The van der Waals surface area contributed by atoms with E-state index in [1.165, 1.54) is 0 Å². The number of hydrogen-bond donors (Lipinski definition) is 1. The van der Waals surface area contributed by atoms with Gasteiger partial charge in [-0.15, -0.1) is 0 Å². The first-order valence-electron chi connectivity index (χ1n) is 3.78. The second kappa shape index (κ2) is 3.11. The molecule has 0 aromatic carbocycles. The summed E-state index contributed by atoms with van der Waals surface area (Å²) in [4.78, 5) is 4.09. The minimum absolute atomic E-state index is 0.523. The average Bonchev–Trinajstić information content (AvgIpc) is 2.03. The van der Waals surface area contributed by atoms with Crippen LogP contribution in [0.15, 0.2) is 18.2 Å². The van der Waals surface area contributed by atoms with Crippen LogP contribution in [-0.4, -0.2) is 17.2 Å². The van der Waals surface area contributed by atoms with Crippen molar-refractivity contribution < 1.29 is 9.84 Å². The van der Waals surface area contributed by atoms with Crippen LogP contribution in [0.3, 0.4) is 0 Å². The molecule has 0 saturated heterocycles. The Morgan fingerprint density at radius 2 is 2.08 bits per heavy atom. The fourth-order valence-corrected chi connectivity index (χ4v) is 0.869. The van der Waals surface area contributed by atoms with Crippen molar-refractivity contribution in [2.45, 2.75) is 19.4 Å². The normalized spacial score (nSPS) is 11.3. The molecule has 0 unspecified atom stereocenters. The van der Waals surface area contributed by atoms with Crippen molar-refractivity contribution >= 4 is 0 Å². The van der Waals surface area contributed by atoms with Crippen LogP contribution in [-0.2, 0) is 5.60 Å². The zero-order chi connectivity index (χ0) is 9.19. The van der Waals surface area contributed by atoms with E-state index in [1.54, 1.807) is 39.2 Å². The number of aromatic nitrogens is 1.